The van der Waals surface area contributed by atoms with Gasteiger partial charge in [-0.2, -0.15) is 0 Å². The second kappa shape index (κ2) is 8.77. The van der Waals surface area contributed by atoms with Crippen molar-refractivity contribution < 1.29 is 5.11 Å². The Balaban J connectivity index is 1.59. The van der Waals surface area contributed by atoms with E-state index < -0.39 is 0 Å². The zero-order valence-corrected chi connectivity index (χ0v) is 15.3. The standard InChI is InChI=1S/C20H28N2OS/c1-2-17-5-7-18(8-6-17)14-21-10-11-22(19(15-21)9-12-23)16-20-4-3-13-24-20/h3-8,13,19,23H,2,9-12,14-16H2,1H3. The van der Waals surface area contributed by atoms with Gasteiger partial charge in [0.1, 0.15) is 0 Å². The topological polar surface area (TPSA) is 26.7 Å². The fourth-order valence-corrected chi connectivity index (χ4v) is 4.20. The van der Waals surface area contributed by atoms with Gasteiger partial charge in [-0.05, 0) is 35.4 Å². The van der Waals surface area contributed by atoms with Crippen molar-refractivity contribution in [1.29, 1.82) is 0 Å². The third-order valence-electron chi connectivity index (χ3n) is 4.93. The van der Waals surface area contributed by atoms with Crippen molar-refractivity contribution in [2.75, 3.05) is 26.2 Å². The van der Waals surface area contributed by atoms with Gasteiger partial charge in [0.05, 0.1) is 0 Å². The average Bonchev–Trinajstić information content (AvgIpc) is 3.11. The molecule has 0 bridgehead atoms. The van der Waals surface area contributed by atoms with Gasteiger partial charge in [0.15, 0.2) is 0 Å². The maximum Gasteiger partial charge on any atom is 0.0446 e. The zero-order valence-electron chi connectivity index (χ0n) is 14.5. The monoisotopic (exact) mass is 344 g/mol. The molecular weight excluding hydrogens is 316 g/mol. The zero-order chi connectivity index (χ0) is 16.8. The molecule has 0 radical (unpaired) electrons. The summed E-state index contributed by atoms with van der Waals surface area (Å²) in [7, 11) is 0. The number of aryl methyl sites for hydroxylation is 1. The van der Waals surface area contributed by atoms with Crippen LogP contribution in [0.1, 0.15) is 29.3 Å². The smallest absolute Gasteiger partial charge is 0.0446 e. The molecule has 0 saturated carbocycles. The maximum atomic E-state index is 9.45. The van der Waals surface area contributed by atoms with Crippen molar-refractivity contribution in [2.45, 2.75) is 38.9 Å². The van der Waals surface area contributed by atoms with Crippen LogP contribution in [0.15, 0.2) is 41.8 Å². The van der Waals surface area contributed by atoms with Gasteiger partial charge >= 0.3 is 0 Å². The predicted molar refractivity (Wildman–Crippen MR) is 101 cm³/mol. The van der Waals surface area contributed by atoms with Crippen LogP contribution in [0.4, 0.5) is 0 Å². The van der Waals surface area contributed by atoms with Crippen LogP contribution in [0.5, 0.6) is 0 Å². The summed E-state index contributed by atoms with van der Waals surface area (Å²) >= 11 is 1.83. The highest BCUT2D eigenvalue weighted by Crippen LogP contribution is 2.20. The van der Waals surface area contributed by atoms with Crippen LogP contribution in [0.25, 0.3) is 0 Å². The van der Waals surface area contributed by atoms with Crippen LogP contribution in [0.3, 0.4) is 0 Å². The van der Waals surface area contributed by atoms with Crippen molar-refractivity contribution in [3.8, 4) is 0 Å². The van der Waals surface area contributed by atoms with E-state index in [9.17, 15) is 5.11 Å². The van der Waals surface area contributed by atoms with Gasteiger partial charge in [-0.25, -0.2) is 0 Å². The van der Waals surface area contributed by atoms with Crippen molar-refractivity contribution in [1.82, 2.24) is 9.80 Å². The van der Waals surface area contributed by atoms with E-state index in [-0.39, 0.29) is 6.61 Å². The summed E-state index contributed by atoms with van der Waals surface area (Å²) in [5.41, 5.74) is 2.79. The molecule has 1 N–H and O–H groups in total. The van der Waals surface area contributed by atoms with Crippen molar-refractivity contribution >= 4 is 11.3 Å². The van der Waals surface area contributed by atoms with Crippen LogP contribution in [0, 0.1) is 0 Å². The molecule has 0 aliphatic carbocycles. The lowest BCUT2D eigenvalue weighted by atomic mass is 10.1. The first-order valence-electron chi connectivity index (χ1n) is 8.96. The van der Waals surface area contributed by atoms with Gasteiger partial charge < -0.3 is 5.11 Å². The minimum absolute atomic E-state index is 0.268. The maximum absolute atomic E-state index is 9.45. The summed E-state index contributed by atoms with van der Waals surface area (Å²) in [6, 6.07) is 13.8. The van der Waals surface area contributed by atoms with Gasteiger partial charge in [-0.1, -0.05) is 37.3 Å². The number of piperazine rings is 1. The van der Waals surface area contributed by atoms with E-state index in [2.05, 4.69) is 58.5 Å². The summed E-state index contributed by atoms with van der Waals surface area (Å²) in [6.07, 6.45) is 1.96. The lowest BCUT2D eigenvalue weighted by Gasteiger charge is -2.41. The lowest BCUT2D eigenvalue weighted by Crippen LogP contribution is -2.52. The lowest BCUT2D eigenvalue weighted by molar-refractivity contribution is 0.0506. The van der Waals surface area contributed by atoms with E-state index in [0.717, 1.165) is 45.6 Å². The Bertz CT molecular complexity index is 597. The molecule has 1 atom stereocenters. The van der Waals surface area contributed by atoms with E-state index in [4.69, 9.17) is 0 Å². The summed E-state index contributed by atoms with van der Waals surface area (Å²) in [4.78, 5) is 6.49. The Morgan fingerprint density at radius 1 is 1.08 bits per heavy atom. The largest absolute Gasteiger partial charge is 0.396 e. The van der Waals surface area contributed by atoms with Crippen molar-refractivity contribution in [2.24, 2.45) is 0 Å². The normalized spacial score (nSPS) is 19.7. The molecule has 0 spiro atoms. The van der Waals surface area contributed by atoms with E-state index in [1.165, 1.54) is 16.0 Å². The van der Waals surface area contributed by atoms with Crippen LogP contribution >= 0.6 is 11.3 Å². The second-order valence-corrected chi connectivity index (χ2v) is 7.65. The van der Waals surface area contributed by atoms with Crippen molar-refractivity contribution in [3.05, 3.63) is 57.8 Å². The molecule has 1 aromatic heterocycles. The second-order valence-electron chi connectivity index (χ2n) is 6.62. The minimum Gasteiger partial charge on any atom is -0.396 e. The van der Waals surface area contributed by atoms with Gasteiger partial charge in [-0.15, -0.1) is 11.3 Å². The molecule has 3 nitrogen and oxygen atoms in total. The summed E-state index contributed by atoms with van der Waals surface area (Å²) in [5.74, 6) is 0. The van der Waals surface area contributed by atoms with Crippen molar-refractivity contribution in [3.63, 3.8) is 0 Å². The SMILES string of the molecule is CCc1ccc(CN2CCN(Cc3cccs3)C(CCO)C2)cc1. The number of aliphatic hydroxyl groups excluding tert-OH is 1. The highest BCUT2D eigenvalue weighted by Gasteiger charge is 2.26. The molecule has 3 rings (SSSR count). The Morgan fingerprint density at radius 2 is 1.88 bits per heavy atom. The molecule has 24 heavy (non-hydrogen) atoms. The van der Waals surface area contributed by atoms with E-state index in [1.807, 2.05) is 11.3 Å². The summed E-state index contributed by atoms with van der Waals surface area (Å²) < 4.78 is 0. The molecule has 130 valence electrons. The summed E-state index contributed by atoms with van der Waals surface area (Å²) in [5, 5.41) is 11.6. The van der Waals surface area contributed by atoms with Gasteiger partial charge in [0.2, 0.25) is 0 Å². The number of rotatable bonds is 7. The highest BCUT2D eigenvalue weighted by molar-refractivity contribution is 7.09. The van der Waals surface area contributed by atoms with E-state index in [1.54, 1.807) is 0 Å². The number of nitrogens with zero attached hydrogens (tertiary/aromatic N) is 2. The molecule has 1 aliphatic heterocycles. The molecule has 0 amide bonds. The number of hydrogen-bond acceptors (Lipinski definition) is 4. The minimum atomic E-state index is 0.268. The van der Waals surface area contributed by atoms with Gasteiger partial charge in [-0.3, -0.25) is 9.80 Å². The van der Waals surface area contributed by atoms with Crippen LogP contribution < -0.4 is 0 Å². The first kappa shape index (κ1) is 17.6. The molecule has 2 aromatic rings. The molecule has 1 saturated heterocycles. The molecule has 1 unspecified atom stereocenters. The summed E-state index contributed by atoms with van der Waals surface area (Å²) in [6.45, 7) is 7.71. The number of hydrogen-bond donors (Lipinski definition) is 1. The first-order chi connectivity index (χ1) is 11.8. The Hall–Kier alpha value is -1.20. The fourth-order valence-electron chi connectivity index (χ4n) is 3.47. The molecule has 1 aliphatic rings. The quantitative estimate of drug-likeness (QED) is 0.834. The molecule has 2 heterocycles. The van der Waals surface area contributed by atoms with Crippen LogP contribution in [-0.2, 0) is 19.5 Å². The van der Waals surface area contributed by atoms with E-state index >= 15 is 0 Å². The third kappa shape index (κ3) is 4.67. The molecule has 1 fully saturated rings. The fraction of sp³-hybridized carbons (Fsp3) is 0.500. The Labute approximate surface area is 149 Å². The molecule has 4 heteroatoms. The number of aliphatic hydroxyl groups is 1. The Morgan fingerprint density at radius 3 is 2.54 bits per heavy atom. The van der Waals surface area contributed by atoms with Gasteiger partial charge in [0, 0.05) is 50.2 Å². The highest BCUT2D eigenvalue weighted by atomic mass is 32.1. The average molecular weight is 345 g/mol. The number of thiophene rings is 1. The van der Waals surface area contributed by atoms with Crippen LogP contribution in [-0.4, -0.2) is 47.2 Å². The Kier molecular flexibility index (Phi) is 6.44. The first-order valence-corrected chi connectivity index (χ1v) is 9.84. The third-order valence-corrected chi connectivity index (χ3v) is 5.79. The van der Waals surface area contributed by atoms with E-state index in [0.29, 0.717) is 6.04 Å². The molecular formula is C20H28N2OS. The van der Waals surface area contributed by atoms with Gasteiger partial charge in [0.25, 0.3) is 0 Å². The molecule has 1 aromatic carbocycles. The van der Waals surface area contributed by atoms with Crippen LogP contribution in [0.2, 0.25) is 0 Å². The number of benzene rings is 1. The predicted octanol–water partition coefficient (Wildman–Crippen LogP) is 3.38.